The molecule has 0 spiro atoms. The van der Waals surface area contributed by atoms with E-state index >= 15 is 0 Å². The van der Waals surface area contributed by atoms with E-state index in [4.69, 9.17) is 0 Å². The number of benzene rings is 2. The number of hydrogen-bond acceptors (Lipinski definition) is 2. The Hall–Kier alpha value is -2.17. The first kappa shape index (κ1) is 19.5. The van der Waals surface area contributed by atoms with Crippen molar-refractivity contribution in [3.8, 4) is 0 Å². The van der Waals surface area contributed by atoms with Crippen molar-refractivity contribution in [3.05, 3.63) is 75.4 Å². The molecule has 3 heterocycles. The number of piperidine rings is 1. The van der Waals surface area contributed by atoms with E-state index in [1.165, 1.54) is 22.2 Å². The van der Waals surface area contributed by atoms with E-state index in [0.717, 1.165) is 48.0 Å². The smallest absolute Gasteiger partial charge is 0.159 e. The van der Waals surface area contributed by atoms with E-state index in [0.29, 0.717) is 24.0 Å². The van der Waals surface area contributed by atoms with Crippen LogP contribution in [-0.4, -0.2) is 28.8 Å². The highest BCUT2D eigenvalue weighted by Gasteiger charge is 2.49. The van der Waals surface area contributed by atoms with Gasteiger partial charge in [0.05, 0.1) is 5.54 Å². The zero-order chi connectivity index (χ0) is 21.2. The van der Waals surface area contributed by atoms with E-state index in [9.17, 15) is 4.79 Å². The van der Waals surface area contributed by atoms with Gasteiger partial charge in [0.25, 0.3) is 0 Å². The Kier molecular flexibility index (Phi) is 4.52. The molecule has 158 valence electrons. The van der Waals surface area contributed by atoms with Gasteiger partial charge in [0.2, 0.25) is 0 Å². The second kappa shape index (κ2) is 7.18. The first-order valence-electron chi connectivity index (χ1n) is 11.4. The maximum atomic E-state index is 13.0. The lowest BCUT2D eigenvalue weighted by atomic mass is 9.65. The first-order valence-corrected chi connectivity index (χ1v) is 12.1. The maximum absolute atomic E-state index is 13.0. The summed E-state index contributed by atoms with van der Waals surface area (Å²) in [6.07, 6.45) is 5.87. The molecular weight excluding hydrogens is 448 g/mol. The molecule has 0 amide bonds. The summed E-state index contributed by atoms with van der Waals surface area (Å²) in [5.41, 5.74) is 6.22. The van der Waals surface area contributed by atoms with Crippen LogP contribution in [0.25, 0.3) is 17.0 Å². The van der Waals surface area contributed by atoms with Gasteiger partial charge in [-0.1, -0.05) is 46.3 Å². The molecule has 6 rings (SSSR count). The summed E-state index contributed by atoms with van der Waals surface area (Å²) >= 11 is 3.64. The number of H-pyrrole nitrogens is 1. The molecule has 3 nitrogen and oxygen atoms in total. The first-order chi connectivity index (χ1) is 15.0. The lowest BCUT2D eigenvalue weighted by molar-refractivity contribution is -0.121. The summed E-state index contributed by atoms with van der Waals surface area (Å²) < 4.78 is 1.13. The summed E-state index contributed by atoms with van der Waals surface area (Å²) in [6, 6.07) is 16.8. The van der Waals surface area contributed by atoms with Crippen molar-refractivity contribution in [2.45, 2.75) is 38.1 Å². The Morgan fingerprint density at radius 2 is 1.97 bits per heavy atom. The standard InChI is InChI=1S/C27H27BrN2O/c1-27-15-19-13-25(31)18(11-17-5-3-2-4-6-17)12-20(19)16-30(27)10-9-22-23-14-21(28)7-8-24(23)29-26(22)27/h2-8,11,14,19-20,29H,9-10,12-13,15-16H2,1H3/b18-11+/t19-,20-,27?/m0/s1. The zero-order valence-electron chi connectivity index (χ0n) is 17.8. The van der Waals surface area contributed by atoms with Gasteiger partial charge in [0.1, 0.15) is 0 Å². The quantitative estimate of drug-likeness (QED) is 0.433. The summed E-state index contributed by atoms with van der Waals surface area (Å²) in [4.78, 5) is 19.5. The third-order valence-corrected chi connectivity index (χ3v) is 8.44. The van der Waals surface area contributed by atoms with Crippen LogP contribution >= 0.6 is 15.9 Å². The number of rotatable bonds is 1. The SMILES string of the molecule is CC12C[C@@H]3CC(=O)/C(=C/c4ccccc4)C[C@H]3CN1CCc1c2[nH]c2ccc(Br)cc12. The van der Waals surface area contributed by atoms with Gasteiger partial charge in [-0.3, -0.25) is 9.69 Å². The summed E-state index contributed by atoms with van der Waals surface area (Å²) in [6.45, 7) is 4.57. The average molecular weight is 475 g/mol. The fraction of sp³-hybridized carbons (Fsp3) is 0.370. The molecule has 1 saturated heterocycles. The van der Waals surface area contributed by atoms with Crippen molar-refractivity contribution in [1.29, 1.82) is 0 Å². The molecular formula is C27H27BrN2O. The third kappa shape index (κ3) is 3.15. The number of nitrogens with one attached hydrogen (secondary N) is 1. The number of Topliss-reactive ketones (excluding diaryl/α,β-unsaturated/α-hetero) is 1. The van der Waals surface area contributed by atoms with Crippen LogP contribution in [0, 0.1) is 11.8 Å². The van der Waals surface area contributed by atoms with Crippen molar-refractivity contribution >= 4 is 38.7 Å². The Labute approximate surface area is 191 Å². The van der Waals surface area contributed by atoms with Crippen LogP contribution < -0.4 is 0 Å². The number of hydrogen-bond donors (Lipinski definition) is 1. The molecule has 3 atom stereocenters. The number of allylic oxidation sites excluding steroid dienone is 1. The highest BCUT2D eigenvalue weighted by atomic mass is 79.9. The topological polar surface area (TPSA) is 36.1 Å². The van der Waals surface area contributed by atoms with Crippen LogP contribution in [0.2, 0.25) is 0 Å². The minimum Gasteiger partial charge on any atom is -0.357 e. The van der Waals surface area contributed by atoms with Gasteiger partial charge in [0, 0.05) is 40.6 Å². The minimum atomic E-state index is -0.0127. The second-order valence-electron chi connectivity index (χ2n) is 9.77. The average Bonchev–Trinajstić information content (AvgIpc) is 3.13. The minimum absolute atomic E-state index is 0.0127. The summed E-state index contributed by atoms with van der Waals surface area (Å²) in [5.74, 6) is 1.38. The Bertz CT molecular complexity index is 1210. The highest BCUT2D eigenvalue weighted by Crippen LogP contribution is 2.50. The predicted octanol–water partition coefficient (Wildman–Crippen LogP) is 6.09. The van der Waals surface area contributed by atoms with Crippen LogP contribution in [0.3, 0.4) is 0 Å². The van der Waals surface area contributed by atoms with E-state index in [1.54, 1.807) is 0 Å². The van der Waals surface area contributed by atoms with Gasteiger partial charge in [0.15, 0.2) is 5.78 Å². The molecule has 2 aromatic carbocycles. The third-order valence-electron chi connectivity index (χ3n) is 7.95. The normalized spacial score (nSPS) is 29.6. The molecule has 1 aliphatic carbocycles. The fourth-order valence-corrected chi connectivity index (χ4v) is 6.71. The molecule has 0 bridgehead atoms. The molecule has 2 aliphatic heterocycles. The van der Waals surface area contributed by atoms with Gasteiger partial charge in [-0.15, -0.1) is 0 Å². The van der Waals surface area contributed by atoms with Crippen molar-refractivity contribution < 1.29 is 4.79 Å². The Balaban J connectivity index is 1.33. The summed E-state index contributed by atoms with van der Waals surface area (Å²) in [5, 5.41) is 1.35. The molecule has 1 saturated carbocycles. The van der Waals surface area contributed by atoms with Gasteiger partial charge in [-0.2, -0.15) is 0 Å². The zero-order valence-corrected chi connectivity index (χ0v) is 19.4. The van der Waals surface area contributed by atoms with Crippen LogP contribution in [-0.2, 0) is 16.8 Å². The number of aromatic nitrogens is 1. The van der Waals surface area contributed by atoms with Crippen molar-refractivity contribution in [3.63, 3.8) is 0 Å². The number of carbonyl (C=O) groups is 1. The molecule has 4 heteroatoms. The molecule has 1 unspecified atom stereocenters. The van der Waals surface area contributed by atoms with E-state index in [1.807, 2.05) is 18.2 Å². The number of halogens is 1. The number of nitrogens with zero attached hydrogens (tertiary/aromatic N) is 1. The molecule has 31 heavy (non-hydrogen) atoms. The number of carbonyl (C=O) groups excluding carboxylic acids is 1. The highest BCUT2D eigenvalue weighted by molar-refractivity contribution is 9.10. The fourth-order valence-electron chi connectivity index (χ4n) is 6.35. The van der Waals surface area contributed by atoms with E-state index < -0.39 is 0 Å². The Morgan fingerprint density at radius 3 is 2.81 bits per heavy atom. The van der Waals surface area contributed by atoms with Crippen LogP contribution in [0.4, 0.5) is 0 Å². The van der Waals surface area contributed by atoms with Gasteiger partial charge >= 0.3 is 0 Å². The molecule has 0 radical (unpaired) electrons. The molecule has 3 aromatic rings. The predicted molar refractivity (Wildman–Crippen MR) is 129 cm³/mol. The van der Waals surface area contributed by atoms with Crippen LogP contribution in [0.15, 0.2) is 58.6 Å². The number of fused-ring (bicyclic) bond motifs is 6. The Morgan fingerprint density at radius 1 is 1.13 bits per heavy atom. The van der Waals surface area contributed by atoms with Crippen LogP contribution in [0.1, 0.15) is 43.0 Å². The van der Waals surface area contributed by atoms with Gasteiger partial charge < -0.3 is 4.98 Å². The molecule has 3 aliphatic rings. The summed E-state index contributed by atoms with van der Waals surface area (Å²) in [7, 11) is 0. The van der Waals surface area contributed by atoms with E-state index in [-0.39, 0.29) is 5.54 Å². The largest absolute Gasteiger partial charge is 0.357 e. The second-order valence-corrected chi connectivity index (χ2v) is 10.7. The monoisotopic (exact) mass is 474 g/mol. The number of ketones is 1. The van der Waals surface area contributed by atoms with Crippen LogP contribution in [0.5, 0.6) is 0 Å². The van der Waals surface area contributed by atoms with Gasteiger partial charge in [-0.25, -0.2) is 0 Å². The van der Waals surface area contributed by atoms with Crippen molar-refractivity contribution in [1.82, 2.24) is 9.88 Å². The van der Waals surface area contributed by atoms with Crippen molar-refractivity contribution in [2.24, 2.45) is 11.8 Å². The molecule has 2 fully saturated rings. The molecule has 1 N–H and O–H groups in total. The lowest BCUT2D eigenvalue weighted by Crippen LogP contribution is -2.57. The molecule has 1 aromatic heterocycles. The number of aromatic amines is 1. The van der Waals surface area contributed by atoms with Crippen molar-refractivity contribution in [2.75, 3.05) is 13.1 Å². The lowest BCUT2D eigenvalue weighted by Gasteiger charge is -2.54. The van der Waals surface area contributed by atoms with E-state index in [2.05, 4.69) is 69.1 Å². The maximum Gasteiger partial charge on any atom is 0.159 e. The van der Waals surface area contributed by atoms with Gasteiger partial charge in [-0.05, 0) is 79.0 Å².